The summed E-state index contributed by atoms with van der Waals surface area (Å²) in [5, 5.41) is 2.82. The van der Waals surface area contributed by atoms with E-state index in [1.807, 2.05) is 18.2 Å². The van der Waals surface area contributed by atoms with Gasteiger partial charge in [-0.25, -0.2) is 4.39 Å². The number of benzene rings is 2. The van der Waals surface area contributed by atoms with Crippen LogP contribution >= 0.6 is 0 Å². The van der Waals surface area contributed by atoms with E-state index in [0.29, 0.717) is 5.92 Å². The van der Waals surface area contributed by atoms with E-state index < -0.39 is 0 Å². The van der Waals surface area contributed by atoms with Crippen molar-refractivity contribution in [3.63, 3.8) is 0 Å². The lowest BCUT2D eigenvalue weighted by Crippen LogP contribution is -2.41. The third-order valence-electron chi connectivity index (χ3n) is 5.85. The van der Waals surface area contributed by atoms with Gasteiger partial charge in [0.1, 0.15) is 5.82 Å². The third kappa shape index (κ3) is 7.22. The second-order valence-electron chi connectivity index (χ2n) is 8.39. The number of carbonyl (C=O) groups excluding carboxylic acids is 1. The molecule has 162 valence electrons. The first-order chi connectivity index (χ1) is 14.5. The van der Waals surface area contributed by atoms with Crippen LogP contribution in [0.3, 0.4) is 0 Å². The van der Waals surface area contributed by atoms with Gasteiger partial charge in [0.2, 0.25) is 5.91 Å². The quantitative estimate of drug-likeness (QED) is 0.657. The van der Waals surface area contributed by atoms with Gasteiger partial charge in [-0.15, -0.1) is 0 Å². The van der Waals surface area contributed by atoms with Crippen LogP contribution in [0, 0.1) is 11.7 Å². The van der Waals surface area contributed by atoms with Crippen LogP contribution in [-0.4, -0.2) is 48.4 Å². The highest BCUT2D eigenvalue weighted by Gasteiger charge is 2.21. The van der Waals surface area contributed by atoms with Crippen LogP contribution in [-0.2, 0) is 17.8 Å². The van der Waals surface area contributed by atoms with Gasteiger partial charge in [0.25, 0.3) is 0 Å². The summed E-state index contributed by atoms with van der Waals surface area (Å²) in [6.45, 7) is 10.0. The van der Waals surface area contributed by atoms with E-state index in [2.05, 4.69) is 34.2 Å². The summed E-state index contributed by atoms with van der Waals surface area (Å²) >= 11 is 0. The maximum absolute atomic E-state index is 13.4. The average Bonchev–Trinajstić information content (AvgIpc) is 2.73. The Bertz CT molecular complexity index is 808. The molecule has 1 fully saturated rings. The third-order valence-corrected chi connectivity index (χ3v) is 5.85. The Balaban J connectivity index is 1.48. The Morgan fingerprint density at radius 1 is 1.20 bits per heavy atom. The summed E-state index contributed by atoms with van der Waals surface area (Å²) < 4.78 is 13.4. The maximum Gasteiger partial charge on any atom is 0.221 e. The monoisotopic (exact) mass is 411 g/mol. The molecule has 3 rings (SSSR count). The molecule has 30 heavy (non-hydrogen) atoms. The smallest absolute Gasteiger partial charge is 0.221 e. The SMILES string of the molecule is CCN(Cc1ccc(NC(C)=O)cc1)C[C@H]1CCCN(CCc2cccc(F)c2)C1. The van der Waals surface area contributed by atoms with Gasteiger partial charge < -0.3 is 10.2 Å². The van der Waals surface area contributed by atoms with E-state index in [-0.39, 0.29) is 11.7 Å². The number of rotatable bonds is 9. The van der Waals surface area contributed by atoms with Crippen molar-refractivity contribution in [3.8, 4) is 0 Å². The summed E-state index contributed by atoms with van der Waals surface area (Å²) in [5.74, 6) is 0.481. The molecular weight excluding hydrogens is 377 g/mol. The Kier molecular flexibility index (Phi) is 8.40. The summed E-state index contributed by atoms with van der Waals surface area (Å²) in [5.41, 5.74) is 3.19. The fourth-order valence-corrected chi connectivity index (χ4v) is 4.31. The molecule has 2 aromatic rings. The molecule has 1 heterocycles. The highest BCUT2D eigenvalue weighted by molar-refractivity contribution is 5.88. The molecule has 0 aromatic heterocycles. The standard InChI is InChI=1S/C25H34FN3O/c1-3-28(17-22-9-11-25(12-10-22)27-20(2)30)18-23-7-5-14-29(19-23)15-13-21-6-4-8-24(26)16-21/h4,6,8-12,16,23H,3,5,7,13-15,17-19H2,1-2H3,(H,27,30)/t23-/m1/s1. The first kappa shape index (κ1) is 22.4. The number of carbonyl (C=O) groups is 1. The number of piperidine rings is 1. The van der Waals surface area contributed by atoms with Crippen LogP contribution in [0.1, 0.15) is 37.8 Å². The van der Waals surface area contributed by atoms with E-state index in [9.17, 15) is 9.18 Å². The van der Waals surface area contributed by atoms with Gasteiger partial charge in [-0.3, -0.25) is 9.69 Å². The van der Waals surface area contributed by atoms with E-state index in [1.54, 1.807) is 12.1 Å². The fourth-order valence-electron chi connectivity index (χ4n) is 4.31. The van der Waals surface area contributed by atoms with Crippen LogP contribution in [0.4, 0.5) is 10.1 Å². The number of anilines is 1. The zero-order chi connectivity index (χ0) is 21.3. The van der Waals surface area contributed by atoms with Crippen molar-refractivity contribution in [1.82, 2.24) is 9.80 Å². The largest absolute Gasteiger partial charge is 0.326 e. The highest BCUT2D eigenvalue weighted by atomic mass is 19.1. The molecule has 4 nitrogen and oxygen atoms in total. The number of hydrogen-bond acceptors (Lipinski definition) is 3. The number of likely N-dealkylation sites (tertiary alicyclic amines) is 1. The number of amides is 1. The molecule has 0 aliphatic carbocycles. The van der Waals surface area contributed by atoms with Gasteiger partial charge in [0.15, 0.2) is 0 Å². The topological polar surface area (TPSA) is 35.6 Å². The van der Waals surface area contributed by atoms with Gasteiger partial charge in [-0.1, -0.05) is 31.2 Å². The molecule has 1 aliphatic heterocycles. The summed E-state index contributed by atoms with van der Waals surface area (Å²) in [7, 11) is 0. The van der Waals surface area contributed by atoms with Crippen LogP contribution in [0.25, 0.3) is 0 Å². The molecule has 0 radical (unpaired) electrons. The van der Waals surface area contributed by atoms with Crippen LogP contribution in [0.15, 0.2) is 48.5 Å². The molecule has 0 saturated carbocycles. The number of hydrogen-bond donors (Lipinski definition) is 1. The van der Waals surface area contributed by atoms with Gasteiger partial charge in [0, 0.05) is 38.8 Å². The second kappa shape index (κ2) is 11.2. The molecular formula is C25H34FN3O. The highest BCUT2D eigenvalue weighted by Crippen LogP contribution is 2.20. The minimum atomic E-state index is -0.146. The van der Waals surface area contributed by atoms with Crippen LogP contribution in [0.2, 0.25) is 0 Å². The Morgan fingerprint density at radius 3 is 2.70 bits per heavy atom. The Labute approximate surface area is 180 Å². The van der Waals surface area contributed by atoms with Crippen LogP contribution < -0.4 is 5.32 Å². The molecule has 1 amide bonds. The molecule has 2 aromatic carbocycles. The number of halogens is 1. The lowest BCUT2D eigenvalue weighted by atomic mass is 9.96. The molecule has 1 aliphatic rings. The Hall–Kier alpha value is -2.24. The second-order valence-corrected chi connectivity index (χ2v) is 8.39. The van der Waals surface area contributed by atoms with Crippen molar-refractivity contribution in [1.29, 1.82) is 0 Å². The van der Waals surface area contributed by atoms with Gasteiger partial charge in [0.05, 0.1) is 0 Å². The maximum atomic E-state index is 13.4. The molecule has 0 bridgehead atoms. The van der Waals surface area contributed by atoms with E-state index in [0.717, 1.165) is 56.9 Å². The van der Waals surface area contributed by atoms with Gasteiger partial charge >= 0.3 is 0 Å². The fraction of sp³-hybridized carbons (Fsp3) is 0.480. The lowest BCUT2D eigenvalue weighted by Gasteiger charge is -2.35. The van der Waals surface area contributed by atoms with Crippen molar-refractivity contribution in [3.05, 3.63) is 65.5 Å². The zero-order valence-electron chi connectivity index (χ0n) is 18.2. The number of nitrogens with one attached hydrogen (secondary N) is 1. The summed E-state index contributed by atoms with van der Waals surface area (Å²) in [6.07, 6.45) is 3.41. The van der Waals surface area contributed by atoms with Crippen LogP contribution in [0.5, 0.6) is 0 Å². The molecule has 1 saturated heterocycles. The number of nitrogens with zero attached hydrogens (tertiary/aromatic N) is 2. The summed E-state index contributed by atoms with van der Waals surface area (Å²) in [6, 6.07) is 15.1. The van der Waals surface area contributed by atoms with Crippen molar-refractivity contribution in [2.45, 2.75) is 39.7 Å². The zero-order valence-corrected chi connectivity index (χ0v) is 18.2. The van der Waals surface area contributed by atoms with Crippen molar-refractivity contribution in [2.75, 3.05) is 38.0 Å². The van der Waals surface area contributed by atoms with Crippen molar-refractivity contribution in [2.24, 2.45) is 5.92 Å². The first-order valence-electron chi connectivity index (χ1n) is 11.1. The molecule has 0 spiro atoms. The minimum Gasteiger partial charge on any atom is -0.326 e. The van der Waals surface area contributed by atoms with Crippen molar-refractivity contribution < 1.29 is 9.18 Å². The lowest BCUT2D eigenvalue weighted by molar-refractivity contribution is -0.114. The van der Waals surface area contributed by atoms with E-state index >= 15 is 0 Å². The molecule has 1 N–H and O–H groups in total. The van der Waals surface area contributed by atoms with E-state index in [4.69, 9.17) is 0 Å². The van der Waals surface area contributed by atoms with Crippen molar-refractivity contribution >= 4 is 11.6 Å². The predicted octanol–water partition coefficient (Wildman–Crippen LogP) is 4.56. The molecule has 1 atom stereocenters. The molecule has 5 heteroatoms. The normalized spacial score (nSPS) is 17.3. The minimum absolute atomic E-state index is 0.0443. The summed E-state index contributed by atoms with van der Waals surface area (Å²) in [4.78, 5) is 16.2. The molecule has 0 unspecified atom stereocenters. The predicted molar refractivity (Wildman–Crippen MR) is 121 cm³/mol. The van der Waals surface area contributed by atoms with E-state index in [1.165, 1.54) is 31.4 Å². The Morgan fingerprint density at radius 2 is 2.00 bits per heavy atom. The van der Waals surface area contributed by atoms with Gasteiger partial charge in [-0.2, -0.15) is 0 Å². The first-order valence-corrected chi connectivity index (χ1v) is 11.1. The average molecular weight is 412 g/mol. The van der Waals surface area contributed by atoms with Gasteiger partial charge in [-0.05, 0) is 73.7 Å².